The van der Waals surface area contributed by atoms with Crippen molar-refractivity contribution < 1.29 is 9.47 Å². The SMILES string of the molecule is COc1ccc(N)c(Sc2nc3ccc(OC)cc3[nH]2)c1. The Hall–Kier alpha value is -2.34. The van der Waals surface area contributed by atoms with Crippen LogP contribution >= 0.6 is 11.8 Å². The first-order valence-corrected chi connectivity index (χ1v) is 7.16. The molecule has 2 aromatic carbocycles. The first-order valence-electron chi connectivity index (χ1n) is 6.34. The third-order valence-corrected chi connectivity index (χ3v) is 4.05. The molecule has 1 heterocycles. The zero-order chi connectivity index (χ0) is 14.8. The van der Waals surface area contributed by atoms with Gasteiger partial charge < -0.3 is 20.2 Å². The van der Waals surface area contributed by atoms with Gasteiger partial charge in [-0.05, 0) is 42.1 Å². The summed E-state index contributed by atoms with van der Waals surface area (Å²) >= 11 is 1.47. The van der Waals surface area contributed by atoms with Crippen LogP contribution in [0, 0.1) is 0 Å². The number of benzene rings is 2. The highest BCUT2D eigenvalue weighted by atomic mass is 32.2. The number of ether oxygens (including phenoxy) is 2. The van der Waals surface area contributed by atoms with E-state index >= 15 is 0 Å². The Morgan fingerprint density at radius 2 is 1.76 bits per heavy atom. The van der Waals surface area contributed by atoms with Gasteiger partial charge in [-0.3, -0.25) is 0 Å². The second-order valence-electron chi connectivity index (χ2n) is 4.43. The van der Waals surface area contributed by atoms with Crippen LogP contribution in [0.3, 0.4) is 0 Å². The fraction of sp³-hybridized carbons (Fsp3) is 0.133. The van der Waals surface area contributed by atoms with Crippen LogP contribution in [0.2, 0.25) is 0 Å². The third-order valence-electron chi connectivity index (χ3n) is 3.09. The number of hydrogen-bond donors (Lipinski definition) is 2. The predicted octanol–water partition coefficient (Wildman–Crippen LogP) is 3.31. The molecule has 0 aliphatic carbocycles. The van der Waals surface area contributed by atoms with E-state index in [0.29, 0.717) is 5.69 Å². The molecule has 0 atom stereocenters. The summed E-state index contributed by atoms with van der Waals surface area (Å²) < 4.78 is 10.4. The molecule has 0 saturated heterocycles. The van der Waals surface area contributed by atoms with Crippen molar-refractivity contribution in [3.05, 3.63) is 36.4 Å². The van der Waals surface area contributed by atoms with Crippen LogP contribution in [0.1, 0.15) is 0 Å². The van der Waals surface area contributed by atoms with Crippen LogP contribution in [-0.4, -0.2) is 24.2 Å². The summed E-state index contributed by atoms with van der Waals surface area (Å²) in [5, 5.41) is 0.776. The predicted molar refractivity (Wildman–Crippen MR) is 84.2 cm³/mol. The smallest absolute Gasteiger partial charge is 0.171 e. The standard InChI is InChI=1S/C15H15N3O2S/c1-19-9-4-6-12-13(7-9)18-15(17-12)21-14-8-10(20-2)3-5-11(14)16/h3-8H,16H2,1-2H3,(H,17,18). The lowest BCUT2D eigenvalue weighted by Gasteiger charge is -2.05. The molecule has 108 valence electrons. The van der Waals surface area contributed by atoms with Crippen molar-refractivity contribution in [1.82, 2.24) is 9.97 Å². The van der Waals surface area contributed by atoms with E-state index in [1.807, 2.05) is 36.4 Å². The summed E-state index contributed by atoms with van der Waals surface area (Å²) in [6.45, 7) is 0. The number of methoxy groups -OCH3 is 2. The summed E-state index contributed by atoms with van der Waals surface area (Å²) in [4.78, 5) is 8.70. The van der Waals surface area contributed by atoms with E-state index in [4.69, 9.17) is 15.2 Å². The minimum atomic E-state index is 0.693. The zero-order valence-corrected chi connectivity index (χ0v) is 12.5. The Balaban J connectivity index is 1.94. The number of nitrogen functional groups attached to an aromatic ring is 1. The number of anilines is 1. The van der Waals surface area contributed by atoms with Gasteiger partial charge in [-0.25, -0.2) is 4.98 Å². The number of H-pyrrole nitrogens is 1. The lowest BCUT2D eigenvalue weighted by molar-refractivity contribution is 0.414. The van der Waals surface area contributed by atoms with Crippen LogP contribution in [-0.2, 0) is 0 Å². The van der Waals surface area contributed by atoms with Crippen molar-refractivity contribution >= 4 is 28.5 Å². The first-order chi connectivity index (χ1) is 10.2. The Morgan fingerprint density at radius 1 is 1.05 bits per heavy atom. The van der Waals surface area contributed by atoms with Gasteiger partial charge in [0.1, 0.15) is 11.5 Å². The molecule has 6 heteroatoms. The van der Waals surface area contributed by atoms with Crippen LogP contribution in [0.5, 0.6) is 11.5 Å². The Labute approximate surface area is 126 Å². The van der Waals surface area contributed by atoms with Crippen molar-refractivity contribution in [2.75, 3.05) is 20.0 Å². The molecule has 0 bridgehead atoms. The highest BCUT2D eigenvalue weighted by Gasteiger charge is 2.09. The molecule has 0 radical (unpaired) electrons. The fourth-order valence-electron chi connectivity index (χ4n) is 1.97. The van der Waals surface area contributed by atoms with Gasteiger partial charge in [0.25, 0.3) is 0 Å². The number of hydrogen-bond acceptors (Lipinski definition) is 5. The topological polar surface area (TPSA) is 73.2 Å². The normalized spacial score (nSPS) is 10.8. The molecule has 21 heavy (non-hydrogen) atoms. The maximum Gasteiger partial charge on any atom is 0.171 e. The zero-order valence-electron chi connectivity index (χ0n) is 11.7. The Kier molecular flexibility index (Phi) is 3.62. The number of nitrogens with zero attached hydrogens (tertiary/aromatic N) is 1. The molecule has 3 aromatic rings. The average molecular weight is 301 g/mol. The minimum Gasteiger partial charge on any atom is -0.497 e. The van der Waals surface area contributed by atoms with Crippen LogP contribution in [0.4, 0.5) is 5.69 Å². The molecule has 0 aliphatic rings. The highest BCUT2D eigenvalue weighted by molar-refractivity contribution is 7.99. The Morgan fingerprint density at radius 3 is 2.52 bits per heavy atom. The molecule has 0 saturated carbocycles. The number of aromatic amines is 1. The number of fused-ring (bicyclic) bond motifs is 1. The van der Waals surface area contributed by atoms with E-state index in [0.717, 1.165) is 32.6 Å². The second-order valence-corrected chi connectivity index (χ2v) is 5.46. The third kappa shape index (κ3) is 2.75. The lowest BCUT2D eigenvalue weighted by Crippen LogP contribution is -1.90. The molecule has 1 aromatic heterocycles. The molecule has 0 amide bonds. The van der Waals surface area contributed by atoms with Crippen molar-refractivity contribution in [2.24, 2.45) is 0 Å². The van der Waals surface area contributed by atoms with Gasteiger partial charge in [0.2, 0.25) is 0 Å². The summed E-state index contributed by atoms with van der Waals surface area (Å²) in [5.74, 6) is 1.56. The molecular weight excluding hydrogens is 286 g/mol. The van der Waals surface area contributed by atoms with Gasteiger partial charge in [0.15, 0.2) is 5.16 Å². The molecule has 3 rings (SSSR count). The quantitative estimate of drug-likeness (QED) is 0.723. The first kappa shape index (κ1) is 13.6. The molecule has 0 fully saturated rings. The van der Waals surface area contributed by atoms with Crippen molar-refractivity contribution in [2.45, 2.75) is 10.1 Å². The van der Waals surface area contributed by atoms with Gasteiger partial charge in [0.05, 0.1) is 25.3 Å². The maximum absolute atomic E-state index is 5.99. The van der Waals surface area contributed by atoms with Crippen LogP contribution in [0.15, 0.2) is 46.5 Å². The van der Waals surface area contributed by atoms with Crippen molar-refractivity contribution in [3.8, 4) is 11.5 Å². The van der Waals surface area contributed by atoms with E-state index in [-0.39, 0.29) is 0 Å². The van der Waals surface area contributed by atoms with Crippen LogP contribution in [0.25, 0.3) is 11.0 Å². The second kappa shape index (κ2) is 5.57. The maximum atomic E-state index is 5.99. The van der Waals surface area contributed by atoms with E-state index in [1.54, 1.807) is 14.2 Å². The number of nitrogens with one attached hydrogen (secondary N) is 1. The van der Waals surface area contributed by atoms with Gasteiger partial charge in [-0.2, -0.15) is 0 Å². The van der Waals surface area contributed by atoms with Gasteiger partial charge in [0, 0.05) is 16.6 Å². The van der Waals surface area contributed by atoms with Crippen LogP contribution < -0.4 is 15.2 Å². The van der Waals surface area contributed by atoms with E-state index in [1.165, 1.54) is 11.8 Å². The minimum absolute atomic E-state index is 0.693. The molecule has 0 spiro atoms. The number of aromatic nitrogens is 2. The molecule has 5 nitrogen and oxygen atoms in total. The summed E-state index contributed by atoms with van der Waals surface area (Å²) in [6, 6.07) is 11.3. The van der Waals surface area contributed by atoms with E-state index in [9.17, 15) is 0 Å². The van der Waals surface area contributed by atoms with E-state index in [2.05, 4.69) is 9.97 Å². The average Bonchev–Trinajstić information content (AvgIpc) is 2.90. The number of nitrogens with two attached hydrogens (primary N) is 1. The number of imidazole rings is 1. The highest BCUT2D eigenvalue weighted by Crippen LogP contribution is 2.34. The molecular formula is C15H15N3O2S. The monoisotopic (exact) mass is 301 g/mol. The molecule has 3 N–H and O–H groups in total. The largest absolute Gasteiger partial charge is 0.497 e. The fourth-order valence-corrected chi connectivity index (χ4v) is 2.85. The van der Waals surface area contributed by atoms with Crippen molar-refractivity contribution in [3.63, 3.8) is 0 Å². The molecule has 0 aliphatic heterocycles. The van der Waals surface area contributed by atoms with Crippen molar-refractivity contribution in [1.29, 1.82) is 0 Å². The van der Waals surface area contributed by atoms with Gasteiger partial charge in [-0.15, -0.1) is 0 Å². The van der Waals surface area contributed by atoms with Gasteiger partial charge >= 0.3 is 0 Å². The van der Waals surface area contributed by atoms with Gasteiger partial charge in [-0.1, -0.05) is 0 Å². The molecule has 0 unspecified atom stereocenters. The lowest BCUT2D eigenvalue weighted by atomic mass is 10.3. The summed E-state index contributed by atoms with van der Waals surface area (Å²) in [7, 11) is 3.28. The van der Waals surface area contributed by atoms with E-state index < -0.39 is 0 Å². The summed E-state index contributed by atoms with van der Waals surface area (Å²) in [6.07, 6.45) is 0. The Bertz CT molecular complexity index is 786. The number of rotatable bonds is 4. The summed E-state index contributed by atoms with van der Waals surface area (Å²) in [5.41, 5.74) is 8.50.